The van der Waals surface area contributed by atoms with Gasteiger partial charge < -0.3 is 14.2 Å². The summed E-state index contributed by atoms with van der Waals surface area (Å²) in [7, 11) is 0. The molecule has 0 aliphatic carbocycles. The lowest BCUT2D eigenvalue weighted by molar-refractivity contribution is -0.219. The van der Waals surface area contributed by atoms with Crippen LogP contribution in [-0.4, -0.2) is 34.2 Å². The second-order valence-electron chi connectivity index (χ2n) is 5.68. The fourth-order valence-electron chi connectivity index (χ4n) is 2.27. The van der Waals surface area contributed by atoms with Crippen molar-refractivity contribution in [2.75, 3.05) is 0 Å². The average molecular weight is 395 g/mol. The molecule has 0 radical (unpaired) electrons. The Morgan fingerprint density at radius 3 is 2.42 bits per heavy atom. The summed E-state index contributed by atoms with van der Waals surface area (Å²) in [5, 5.41) is 7.69. The van der Waals surface area contributed by atoms with Crippen LogP contribution in [0, 0.1) is 11.3 Å². The Bertz CT molecular complexity index is 591. The van der Waals surface area contributed by atoms with Crippen molar-refractivity contribution in [3.8, 4) is 0 Å². The molecule has 4 unspecified atom stereocenters. The Morgan fingerprint density at radius 1 is 1.21 bits per heavy atom. The van der Waals surface area contributed by atoms with Gasteiger partial charge in [-0.1, -0.05) is 59.9 Å². The van der Waals surface area contributed by atoms with E-state index >= 15 is 0 Å². The first-order valence-electron chi connectivity index (χ1n) is 7.42. The zero-order valence-electron chi connectivity index (χ0n) is 13.2. The molecule has 5 nitrogen and oxygen atoms in total. The van der Waals surface area contributed by atoms with E-state index in [0.717, 1.165) is 0 Å². The maximum atomic E-state index is 12.3. The van der Waals surface area contributed by atoms with E-state index in [9.17, 15) is 4.79 Å². The van der Waals surface area contributed by atoms with E-state index in [4.69, 9.17) is 54.4 Å². The van der Waals surface area contributed by atoms with E-state index in [-0.39, 0.29) is 12.0 Å². The number of benzene rings is 1. The number of halogens is 3. The zero-order chi connectivity index (χ0) is 17.9. The third-order valence-corrected chi connectivity index (χ3v) is 4.33. The summed E-state index contributed by atoms with van der Waals surface area (Å²) in [6, 6.07) is 8.59. The number of nitrogens with one attached hydrogen (secondary N) is 1. The molecule has 4 atom stereocenters. The topological polar surface area (TPSA) is 68.6 Å². The van der Waals surface area contributed by atoms with Gasteiger partial charge in [-0.25, -0.2) is 4.79 Å². The summed E-state index contributed by atoms with van der Waals surface area (Å²) in [5.74, 6) is -0.944. The van der Waals surface area contributed by atoms with E-state index < -0.39 is 28.1 Å². The van der Waals surface area contributed by atoms with Crippen molar-refractivity contribution >= 4 is 46.7 Å². The van der Waals surface area contributed by atoms with Crippen LogP contribution in [-0.2, 0) is 14.2 Å². The van der Waals surface area contributed by atoms with E-state index in [1.807, 2.05) is 13.8 Å². The van der Waals surface area contributed by atoms with Crippen LogP contribution in [0.3, 0.4) is 0 Å². The number of hydrogen-bond donors (Lipinski definition) is 1. The molecule has 132 valence electrons. The Kier molecular flexibility index (Phi) is 6.37. The lowest BCUT2D eigenvalue weighted by atomic mass is 9.95. The SMILES string of the molecule is CC1CC(OC(=O)c2ccccc2)C(OC(=N)C(Cl)(Cl)Cl)OC1C. The molecule has 2 rings (SSSR count). The molecule has 1 N–H and O–H groups in total. The van der Waals surface area contributed by atoms with Crippen molar-refractivity contribution in [2.45, 2.75) is 42.6 Å². The molecule has 1 aromatic rings. The summed E-state index contributed by atoms with van der Waals surface area (Å²) in [6.07, 6.45) is -1.36. The highest BCUT2D eigenvalue weighted by Crippen LogP contribution is 2.33. The van der Waals surface area contributed by atoms with E-state index in [1.165, 1.54) is 0 Å². The number of ether oxygens (including phenoxy) is 3. The van der Waals surface area contributed by atoms with Gasteiger partial charge >= 0.3 is 5.97 Å². The monoisotopic (exact) mass is 393 g/mol. The van der Waals surface area contributed by atoms with Crippen molar-refractivity contribution in [2.24, 2.45) is 5.92 Å². The predicted octanol–water partition coefficient (Wildman–Crippen LogP) is 4.35. The molecule has 8 heteroatoms. The summed E-state index contributed by atoms with van der Waals surface area (Å²) in [5.41, 5.74) is 0.416. The van der Waals surface area contributed by atoms with Gasteiger partial charge in [-0.05, 0) is 31.4 Å². The molecule has 1 aliphatic heterocycles. The summed E-state index contributed by atoms with van der Waals surface area (Å²) >= 11 is 16.9. The lowest BCUT2D eigenvalue weighted by Gasteiger charge is -2.38. The standard InChI is InChI=1S/C16H18Cl3NO4/c1-9-8-12(23-13(21)11-6-4-3-5-7-11)14(22-10(9)2)24-15(20)16(17,18)19/h3-7,9-10,12,14,20H,8H2,1-2H3. The molecule has 1 fully saturated rings. The Balaban J connectivity index is 2.11. The minimum atomic E-state index is -2.01. The van der Waals surface area contributed by atoms with Gasteiger partial charge in [0, 0.05) is 0 Å². The Labute approximate surface area is 155 Å². The van der Waals surface area contributed by atoms with Gasteiger partial charge in [0.05, 0.1) is 11.7 Å². The minimum Gasteiger partial charge on any atom is -0.452 e. The molecular weight excluding hydrogens is 377 g/mol. The van der Waals surface area contributed by atoms with Gasteiger partial charge in [-0.2, -0.15) is 0 Å². The van der Waals surface area contributed by atoms with E-state index in [2.05, 4.69) is 0 Å². The molecule has 0 bridgehead atoms. The molecule has 1 saturated heterocycles. The first-order valence-corrected chi connectivity index (χ1v) is 8.55. The van der Waals surface area contributed by atoms with Gasteiger partial charge in [-0.3, -0.25) is 5.41 Å². The molecule has 0 aromatic heterocycles. The molecule has 1 aliphatic rings. The fourth-order valence-corrected chi connectivity index (χ4v) is 2.41. The number of esters is 1. The highest BCUT2D eigenvalue weighted by atomic mass is 35.6. The van der Waals surface area contributed by atoms with Crippen LogP contribution in [0.4, 0.5) is 0 Å². The maximum Gasteiger partial charge on any atom is 0.338 e. The van der Waals surface area contributed by atoms with E-state index in [0.29, 0.717) is 12.0 Å². The average Bonchev–Trinajstić information content (AvgIpc) is 2.52. The quantitative estimate of drug-likeness (QED) is 0.358. The van der Waals surface area contributed by atoms with Crippen molar-refractivity contribution in [3.05, 3.63) is 35.9 Å². The van der Waals surface area contributed by atoms with Crippen LogP contribution in [0.1, 0.15) is 30.6 Å². The summed E-state index contributed by atoms with van der Waals surface area (Å²) in [4.78, 5) is 12.3. The highest BCUT2D eigenvalue weighted by molar-refractivity contribution is 6.76. The molecular formula is C16H18Cl3NO4. The highest BCUT2D eigenvalue weighted by Gasteiger charge is 2.41. The first kappa shape index (κ1) is 19.3. The maximum absolute atomic E-state index is 12.3. The van der Waals surface area contributed by atoms with Crippen LogP contribution in [0.5, 0.6) is 0 Å². The van der Waals surface area contributed by atoms with Crippen LogP contribution >= 0.6 is 34.8 Å². The molecule has 24 heavy (non-hydrogen) atoms. The molecule has 0 saturated carbocycles. The smallest absolute Gasteiger partial charge is 0.338 e. The Morgan fingerprint density at radius 2 is 1.83 bits per heavy atom. The normalized spacial score (nSPS) is 27.4. The number of carbonyl (C=O) groups excluding carboxylic acids is 1. The third-order valence-electron chi connectivity index (χ3n) is 3.82. The van der Waals surface area contributed by atoms with Crippen LogP contribution in [0.15, 0.2) is 30.3 Å². The largest absolute Gasteiger partial charge is 0.452 e. The molecule has 1 aromatic carbocycles. The van der Waals surface area contributed by atoms with Crippen LogP contribution < -0.4 is 0 Å². The predicted molar refractivity (Wildman–Crippen MR) is 92.9 cm³/mol. The Hall–Kier alpha value is -1.01. The first-order chi connectivity index (χ1) is 11.2. The second kappa shape index (κ2) is 7.91. The number of alkyl halides is 3. The van der Waals surface area contributed by atoms with Crippen LogP contribution in [0.2, 0.25) is 0 Å². The second-order valence-corrected chi connectivity index (χ2v) is 7.96. The molecule has 0 spiro atoms. The van der Waals surface area contributed by atoms with Crippen LogP contribution in [0.25, 0.3) is 0 Å². The summed E-state index contributed by atoms with van der Waals surface area (Å²) in [6.45, 7) is 3.85. The lowest BCUT2D eigenvalue weighted by Crippen LogP contribution is -2.47. The summed E-state index contributed by atoms with van der Waals surface area (Å²) < 4.78 is 14.5. The molecule has 0 amide bonds. The van der Waals surface area contributed by atoms with Crippen molar-refractivity contribution in [3.63, 3.8) is 0 Å². The van der Waals surface area contributed by atoms with Gasteiger partial charge in [0.2, 0.25) is 12.2 Å². The van der Waals surface area contributed by atoms with Gasteiger partial charge in [-0.15, -0.1) is 0 Å². The van der Waals surface area contributed by atoms with Crippen molar-refractivity contribution < 1.29 is 19.0 Å². The minimum absolute atomic E-state index is 0.139. The third kappa shape index (κ3) is 4.99. The van der Waals surface area contributed by atoms with Gasteiger partial charge in [0.25, 0.3) is 3.79 Å². The zero-order valence-corrected chi connectivity index (χ0v) is 15.4. The van der Waals surface area contributed by atoms with Crippen molar-refractivity contribution in [1.82, 2.24) is 0 Å². The number of carbonyl (C=O) groups is 1. The van der Waals surface area contributed by atoms with E-state index in [1.54, 1.807) is 30.3 Å². The number of hydrogen-bond acceptors (Lipinski definition) is 5. The number of rotatable bonds is 3. The van der Waals surface area contributed by atoms with Crippen molar-refractivity contribution in [1.29, 1.82) is 5.41 Å². The van der Waals surface area contributed by atoms with Gasteiger partial charge in [0.1, 0.15) is 0 Å². The molecule has 1 heterocycles. The fraction of sp³-hybridized carbons (Fsp3) is 0.500. The van der Waals surface area contributed by atoms with Gasteiger partial charge in [0.15, 0.2) is 6.10 Å².